The van der Waals surface area contributed by atoms with E-state index >= 15 is 0 Å². The SMILES string of the molecule is Oc1ccccc1.[Zn].c1ccc2scnc2c1. The van der Waals surface area contributed by atoms with Crippen molar-refractivity contribution in [1.29, 1.82) is 0 Å². The second-order valence-electron chi connectivity index (χ2n) is 3.16. The van der Waals surface area contributed by atoms with Crippen LogP contribution in [-0.2, 0) is 19.5 Å². The monoisotopic (exact) mass is 293 g/mol. The molecule has 0 amide bonds. The zero-order valence-electron chi connectivity index (χ0n) is 9.28. The van der Waals surface area contributed by atoms with Gasteiger partial charge in [-0.2, -0.15) is 0 Å². The van der Waals surface area contributed by atoms with E-state index in [1.165, 1.54) is 4.70 Å². The number of aromatic nitrogens is 1. The smallest absolute Gasteiger partial charge is 0.115 e. The molecule has 1 N–H and O–H groups in total. The molecule has 0 atom stereocenters. The molecule has 1 heterocycles. The Morgan fingerprint density at radius 3 is 2.12 bits per heavy atom. The van der Waals surface area contributed by atoms with Crippen molar-refractivity contribution in [3.63, 3.8) is 0 Å². The van der Waals surface area contributed by atoms with Gasteiger partial charge in [0.2, 0.25) is 0 Å². The summed E-state index contributed by atoms with van der Waals surface area (Å²) in [5, 5.41) is 8.63. The summed E-state index contributed by atoms with van der Waals surface area (Å²) in [6.45, 7) is 0. The first-order valence-electron chi connectivity index (χ1n) is 4.88. The van der Waals surface area contributed by atoms with Gasteiger partial charge >= 0.3 is 0 Å². The summed E-state index contributed by atoms with van der Waals surface area (Å²) in [5.74, 6) is 0.322. The molecule has 0 saturated carbocycles. The van der Waals surface area contributed by atoms with E-state index in [-0.39, 0.29) is 19.5 Å². The van der Waals surface area contributed by atoms with Gasteiger partial charge in [-0.1, -0.05) is 30.3 Å². The van der Waals surface area contributed by atoms with Crippen molar-refractivity contribution in [1.82, 2.24) is 4.98 Å². The maximum atomic E-state index is 8.63. The van der Waals surface area contributed by atoms with E-state index in [1.54, 1.807) is 35.6 Å². The molecule has 0 spiro atoms. The second kappa shape index (κ2) is 7.15. The standard InChI is InChI=1S/C7H5NS.C6H6O.Zn/c1-2-4-7-6(3-1)8-5-9-7;7-6-4-2-1-3-5-6;/h1-5H;1-5,7H;. The topological polar surface area (TPSA) is 33.1 Å². The number of benzene rings is 2. The van der Waals surface area contributed by atoms with Crippen LogP contribution in [0.15, 0.2) is 60.1 Å². The van der Waals surface area contributed by atoms with Gasteiger partial charge in [0.05, 0.1) is 15.7 Å². The molecule has 0 fully saturated rings. The van der Waals surface area contributed by atoms with E-state index in [9.17, 15) is 0 Å². The third-order valence-electron chi connectivity index (χ3n) is 1.99. The Morgan fingerprint density at radius 1 is 0.882 bits per heavy atom. The summed E-state index contributed by atoms with van der Waals surface area (Å²) in [6.07, 6.45) is 0. The molecular weight excluding hydrogens is 284 g/mol. The Kier molecular flexibility index (Phi) is 5.81. The van der Waals surface area contributed by atoms with Crippen LogP contribution in [0.1, 0.15) is 0 Å². The Hall–Kier alpha value is -1.25. The first kappa shape index (κ1) is 13.8. The maximum Gasteiger partial charge on any atom is 0.115 e. The number of hydrogen-bond acceptors (Lipinski definition) is 3. The molecule has 2 aromatic carbocycles. The third kappa shape index (κ3) is 4.25. The third-order valence-corrected chi connectivity index (χ3v) is 2.80. The number of para-hydroxylation sites is 2. The number of fused-ring (bicyclic) bond motifs is 1. The van der Waals surface area contributed by atoms with Crippen molar-refractivity contribution in [3.8, 4) is 5.75 Å². The molecule has 3 aromatic rings. The van der Waals surface area contributed by atoms with Gasteiger partial charge in [0.25, 0.3) is 0 Å². The van der Waals surface area contributed by atoms with E-state index in [2.05, 4.69) is 11.1 Å². The van der Waals surface area contributed by atoms with Crippen LogP contribution in [-0.4, -0.2) is 10.1 Å². The van der Waals surface area contributed by atoms with Crippen LogP contribution in [0.5, 0.6) is 5.75 Å². The number of hydrogen-bond donors (Lipinski definition) is 1. The number of rotatable bonds is 0. The molecule has 0 saturated heterocycles. The molecule has 0 aliphatic heterocycles. The van der Waals surface area contributed by atoms with Crippen molar-refractivity contribution in [2.45, 2.75) is 0 Å². The van der Waals surface area contributed by atoms with Crippen LogP contribution in [0.2, 0.25) is 0 Å². The minimum atomic E-state index is 0. The molecule has 82 valence electrons. The van der Waals surface area contributed by atoms with Crippen LogP contribution < -0.4 is 0 Å². The van der Waals surface area contributed by atoms with Crippen molar-refractivity contribution in [3.05, 3.63) is 60.1 Å². The Morgan fingerprint density at radius 2 is 1.53 bits per heavy atom. The average Bonchev–Trinajstić information content (AvgIpc) is 2.79. The van der Waals surface area contributed by atoms with Gasteiger partial charge in [-0.15, -0.1) is 11.3 Å². The predicted octanol–water partition coefficient (Wildman–Crippen LogP) is 3.69. The zero-order chi connectivity index (χ0) is 11.2. The van der Waals surface area contributed by atoms with Crippen molar-refractivity contribution < 1.29 is 24.6 Å². The van der Waals surface area contributed by atoms with E-state index in [1.807, 2.05) is 29.8 Å². The fourth-order valence-corrected chi connectivity index (χ4v) is 1.91. The Labute approximate surface area is 117 Å². The van der Waals surface area contributed by atoms with Crippen molar-refractivity contribution in [2.75, 3.05) is 0 Å². The van der Waals surface area contributed by atoms with Crippen LogP contribution in [0.25, 0.3) is 10.2 Å². The largest absolute Gasteiger partial charge is 0.508 e. The summed E-state index contributed by atoms with van der Waals surface area (Å²) < 4.78 is 1.26. The van der Waals surface area contributed by atoms with Crippen molar-refractivity contribution >= 4 is 21.6 Å². The van der Waals surface area contributed by atoms with Crippen LogP contribution in [0, 0.1) is 0 Å². The van der Waals surface area contributed by atoms with E-state index < -0.39 is 0 Å². The average molecular weight is 295 g/mol. The number of thiazole rings is 1. The molecule has 0 bridgehead atoms. The number of nitrogens with zero attached hydrogens (tertiary/aromatic N) is 1. The summed E-state index contributed by atoms with van der Waals surface area (Å²) in [5.41, 5.74) is 2.97. The van der Waals surface area contributed by atoms with E-state index in [0.29, 0.717) is 5.75 Å². The van der Waals surface area contributed by atoms with Gasteiger partial charge in [-0.3, -0.25) is 0 Å². The Balaban J connectivity index is 0.000000166. The Bertz CT molecular complexity index is 523. The number of phenols is 1. The van der Waals surface area contributed by atoms with E-state index in [0.717, 1.165) is 5.52 Å². The van der Waals surface area contributed by atoms with Crippen molar-refractivity contribution in [2.24, 2.45) is 0 Å². The summed E-state index contributed by atoms with van der Waals surface area (Å²) in [6, 6.07) is 16.8. The first-order chi connectivity index (χ1) is 7.86. The molecule has 0 aliphatic carbocycles. The quantitative estimate of drug-likeness (QED) is 0.642. The van der Waals surface area contributed by atoms with Gasteiger partial charge in [0, 0.05) is 19.5 Å². The summed E-state index contributed by atoms with van der Waals surface area (Å²) >= 11 is 1.68. The molecule has 3 rings (SSSR count). The zero-order valence-corrected chi connectivity index (χ0v) is 13.1. The molecule has 0 unspecified atom stereocenters. The summed E-state index contributed by atoms with van der Waals surface area (Å²) in [4.78, 5) is 4.14. The normalized spacial score (nSPS) is 8.94. The van der Waals surface area contributed by atoms with Crippen LogP contribution in [0.4, 0.5) is 0 Å². The molecular formula is C13H11NOSZn. The van der Waals surface area contributed by atoms with Crippen LogP contribution >= 0.6 is 11.3 Å². The fraction of sp³-hybridized carbons (Fsp3) is 0. The van der Waals surface area contributed by atoms with Gasteiger partial charge < -0.3 is 5.11 Å². The van der Waals surface area contributed by atoms with Gasteiger partial charge in [-0.25, -0.2) is 4.98 Å². The number of phenolic OH excluding ortho intramolecular Hbond substituents is 1. The molecule has 1 aromatic heterocycles. The van der Waals surface area contributed by atoms with Gasteiger partial charge in [0.15, 0.2) is 0 Å². The van der Waals surface area contributed by atoms with Gasteiger partial charge in [-0.05, 0) is 24.3 Å². The summed E-state index contributed by atoms with van der Waals surface area (Å²) in [7, 11) is 0. The molecule has 17 heavy (non-hydrogen) atoms. The molecule has 4 heteroatoms. The first-order valence-corrected chi connectivity index (χ1v) is 5.76. The van der Waals surface area contributed by atoms with Crippen LogP contribution in [0.3, 0.4) is 0 Å². The maximum absolute atomic E-state index is 8.63. The minimum absolute atomic E-state index is 0. The minimum Gasteiger partial charge on any atom is -0.508 e. The molecule has 0 radical (unpaired) electrons. The second-order valence-corrected chi connectivity index (χ2v) is 4.04. The fourth-order valence-electron chi connectivity index (χ4n) is 1.23. The van der Waals surface area contributed by atoms with E-state index in [4.69, 9.17) is 5.11 Å². The van der Waals surface area contributed by atoms with Gasteiger partial charge in [0.1, 0.15) is 5.75 Å². The molecule has 0 aliphatic rings. The predicted molar refractivity (Wildman–Crippen MR) is 67.7 cm³/mol. The molecule has 2 nitrogen and oxygen atoms in total. The number of aromatic hydroxyl groups is 1.